The zero-order chi connectivity index (χ0) is 15.2. The van der Waals surface area contributed by atoms with Crippen molar-refractivity contribution in [2.24, 2.45) is 0 Å². The molecule has 1 heterocycles. The van der Waals surface area contributed by atoms with Crippen LogP contribution in [0.5, 0.6) is 5.88 Å². The number of nitrogens with zero attached hydrogens (tertiary/aromatic N) is 1. The monoisotopic (exact) mass is 299 g/mol. The summed E-state index contributed by atoms with van der Waals surface area (Å²) in [5.74, 6) is -0.0748. The van der Waals surface area contributed by atoms with E-state index in [1.165, 1.54) is 13.1 Å². The van der Waals surface area contributed by atoms with Crippen molar-refractivity contribution in [1.29, 1.82) is 0 Å². The number of halogens is 2. The molecule has 1 unspecified atom stereocenters. The second-order valence-corrected chi connectivity index (χ2v) is 4.59. The molecule has 1 aromatic heterocycles. The number of carbonyl (C=O) groups is 1. The van der Waals surface area contributed by atoms with E-state index in [2.05, 4.69) is 21.3 Å². The second-order valence-electron chi connectivity index (χ2n) is 4.59. The van der Waals surface area contributed by atoms with Crippen molar-refractivity contribution in [2.75, 3.05) is 6.61 Å². The van der Waals surface area contributed by atoms with Crippen molar-refractivity contribution in [3.8, 4) is 5.88 Å². The second kappa shape index (κ2) is 6.85. The van der Waals surface area contributed by atoms with Crippen molar-refractivity contribution in [3.05, 3.63) is 41.1 Å². The molecule has 1 atom stereocenters. The molecule has 2 N–H and O–H groups in total. The van der Waals surface area contributed by atoms with E-state index in [1.807, 2.05) is 0 Å². The quantitative estimate of drug-likeness (QED) is 0.794. The molecule has 21 heavy (non-hydrogen) atoms. The Balaban J connectivity index is 0.00000242. The van der Waals surface area contributed by atoms with Gasteiger partial charge in [-0.2, -0.15) is 0 Å². The molecule has 0 aliphatic heterocycles. The number of alkyl halides is 1. The number of pyridine rings is 1. The Kier molecular flexibility index (Phi) is 4.90. The summed E-state index contributed by atoms with van der Waals surface area (Å²) in [6.07, 6.45) is 0.533. The van der Waals surface area contributed by atoms with Crippen LogP contribution in [0, 0.1) is 0 Å². The summed E-state index contributed by atoms with van der Waals surface area (Å²) in [5.41, 5.74) is 3.51. The van der Waals surface area contributed by atoms with Crippen LogP contribution in [0.25, 0.3) is 0 Å². The van der Waals surface area contributed by atoms with Crippen molar-refractivity contribution in [3.63, 3.8) is 0 Å². The lowest BCUT2D eigenvalue weighted by Gasteiger charge is -2.12. The van der Waals surface area contributed by atoms with Crippen LogP contribution < -0.4 is 15.4 Å². The molecule has 2 amide bonds. The smallest absolute Gasteiger partial charge is 0.319 e. The minimum atomic E-state index is -1.08. The van der Waals surface area contributed by atoms with Crippen LogP contribution in [0.2, 0.25) is 0 Å². The van der Waals surface area contributed by atoms with Gasteiger partial charge in [0, 0.05) is 21.7 Å². The van der Waals surface area contributed by atoms with Crippen LogP contribution in [-0.4, -0.2) is 23.8 Å². The average Bonchev–Trinajstić information content (AvgIpc) is 2.42. The first kappa shape index (κ1) is 15.0. The number of aromatic nitrogens is 1. The normalized spacial score (nSPS) is 14.4. The maximum absolute atomic E-state index is 12.7. The van der Waals surface area contributed by atoms with Crippen LogP contribution in [0.1, 0.15) is 21.8 Å². The van der Waals surface area contributed by atoms with E-state index in [0.29, 0.717) is 11.6 Å². The molecule has 0 bridgehead atoms. The van der Waals surface area contributed by atoms with Gasteiger partial charge in [-0.15, -0.1) is 0 Å². The molecular formula is C14H19F2N3O2. The molecule has 0 saturated carbocycles. The van der Waals surface area contributed by atoms with Gasteiger partial charge in [0.15, 0.2) is 5.83 Å². The van der Waals surface area contributed by atoms with Crippen LogP contribution in [0.15, 0.2) is 35.6 Å². The van der Waals surface area contributed by atoms with Crippen LogP contribution in [-0.2, 0) is 6.54 Å². The van der Waals surface area contributed by atoms with E-state index in [0.717, 1.165) is 5.56 Å². The molecule has 116 valence electrons. The summed E-state index contributed by atoms with van der Waals surface area (Å²) in [5, 5.41) is 5.07. The number of amides is 2. The maximum atomic E-state index is 12.7. The Morgan fingerprint density at radius 3 is 3.10 bits per heavy atom. The molecule has 7 heteroatoms. The number of hydrogen-bond acceptors (Lipinski definition) is 3. The molecule has 0 aromatic carbocycles. The van der Waals surface area contributed by atoms with Gasteiger partial charge >= 0.3 is 6.03 Å². The zero-order valence-corrected chi connectivity index (χ0v) is 11.5. The Labute approximate surface area is 123 Å². The SMILES string of the molecule is CC(F)COc1cc(CNC(=O)NC2=C=C(F)C2)ccn1.[HH].[HH]. The Morgan fingerprint density at radius 2 is 2.43 bits per heavy atom. The third-order valence-electron chi connectivity index (χ3n) is 2.60. The topological polar surface area (TPSA) is 63.2 Å². The summed E-state index contributed by atoms with van der Waals surface area (Å²) in [7, 11) is 0. The lowest BCUT2D eigenvalue weighted by Crippen LogP contribution is -2.35. The molecule has 2 rings (SSSR count). The van der Waals surface area contributed by atoms with Gasteiger partial charge in [-0.05, 0) is 18.6 Å². The van der Waals surface area contributed by atoms with E-state index < -0.39 is 12.2 Å². The fourth-order valence-corrected chi connectivity index (χ4v) is 1.58. The number of ether oxygens (including phenoxy) is 1. The molecule has 1 aliphatic carbocycles. The fourth-order valence-electron chi connectivity index (χ4n) is 1.58. The number of urea groups is 1. The van der Waals surface area contributed by atoms with E-state index in [-0.39, 0.29) is 28.3 Å². The number of hydrogen-bond donors (Lipinski definition) is 2. The van der Waals surface area contributed by atoms with Crippen LogP contribution in [0.3, 0.4) is 0 Å². The number of nitrogens with one attached hydrogen (secondary N) is 2. The van der Waals surface area contributed by atoms with E-state index in [4.69, 9.17) is 4.74 Å². The standard InChI is InChI=1S/C14H15F2N3O2.2H2/c1-9(15)8-21-13-4-10(2-3-17-13)7-18-14(20)19-12-5-11(16)6-12;;/h2-4,9H,5,7-8H2,1H3,(H2,18,19,20);2*1H. The fraction of sp³-hybridized carbons (Fsp3) is 0.357. The van der Waals surface area contributed by atoms with Crippen molar-refractivity contribution in [2.45, 2.75) is 26.1 Å². The summed E-state index contributed by atoms with van der Waals surface area (Å²) in [6, 6.07) is 2.88. The third-order valence-corrected chi connectivity index (χ3v) is 2.60. The summed E-state index contributed by atoms with van der Waals surface area (Å²) in [4.78, 5) is 15.5. The molecule has 0 fully saturated rings. The van der Waals surface area contributed by atoms with Crippen molar-refractivity contribution < 1.29 is 21.2 Å². The van der Waals surface area contributed by atoms with Crippen molar-refractivity contribution in [1.82, 2.24) is 15.6 Å². The Morgan fingerprint density at radius 1 is 1.67 bits per heavy atom. The molecule has 1 aromatic rings. The van der Waals surface area contributed by atoms with Gasteiger partial charge < -0.3 is 15.4 Å². The summed E-state index contributed by atoms with van der Waals surface area (Å²) >= 11 is 0. The molecule has 0 spiro atoms. The highest BCUT2D eigenvalue weighted by atomic mass is 19.1. The van der Waals surface area contributed by atoms with Crippen molar-refractivity contribution >= 4 is 6.03 Å². The first-order valence-electron chi connectivity index (χ1n) is 6.44. The van der Waals surface area contributed by atoms with Gasteiger partial charge in [-0.1, -0.05) is 5.73 Å². The largest absolute Gasteiger partial charge is 0.475 e. The predicted molar refractivity (Wildman–Crippen MR) is 76.2 cm³/mol. The lowest BCUT2D eigenvalue weighted by atomic mass is 10.2. The highest BCUT2D eigenvalue weighted by Gasteiger charge is 2.13. The number of carbonyl (C=O) groups excluding carboxylic acids is 1. The molecule has 1 aliphatic rings. The highest BCUT2D eigenvalue weighted by Crippen LogP contribution is 2.17. The van der Waals surface area contributed by atoms with E-state index >= 15 is 0 Å². The van der Waals surface area contributed by atoms with Gasteiger partial charge in [0.1, 0.15) is 12.8 Å². The van der Waals surface area contributed by atoms with E-state index in [1.54, 1.807) is 12.1 Å². The molecular weight excluding hydrogens is 280 g/mol. The van der Waals surface area contributed by atoms with Gasteiger partial charge in [0.2, 0.25) is 5.88 Å². The van der Waals surface area contributed by atoms with Crippen LogP contribution in [0.4, 0.5) is 13.6 Å². The first-order chi connectivity index (χ1) is 10.0. The van der Waals surface area contributed by atoms with Gasteiger partial charge in [0.05, 0.1) is 12.1 Å². The highest BCUT2D eigenvalue weighted by molar-refractivity contribution is 5.76. The molecule has 0 radical (unpaired) electrons. The van der Waals surface area contributed by atoms with E-state index in [9.17, 15) is 13.6 Å². The van der Waals surface area contributed by atoms with Gasteiger partial charge in [-0.3, -0.25) is 0 Å². The third kappa shape index (κ3) is 4.89. The average molecular weight is 299 g/mol. The first-order valence-corrected chi connectivity index (χ1v) is 6.44. The summed E-state index contributed by atoms with van der Waals surface area (Å²) < 4.78 is 30.2. The Hall–Kier alpha value is -2.40. The lowest BCUT2D eigenvalue weighted by molar-refractivity contribution is 0.203. The summed E-state index contributed by atoms with van der Waals surface area (Å²) in [6.45, 7) is 1.56. The Bertz CT molecular complexity index is 605. The predicted octanol–water partition coefficient (Wildman–Crippen LogP) is 2.85. The maximum Gasteiger partial charge on any atom is 0.319 e. The van der Waals surface area contributed by atoms with Gasteiger partial charge in [-0.25, -0.2) is 18.6 Å². The minimum absolute atomic E-state index is 0. The molecule has 5 nitrogen and oxygen atoms in total. The zero-order valence-electron chi connectivity index (χ0n) is 11.5. The number of rotatable bonds is 6. The van der Waals surface area contributed by atoms with Gasteiger partial charge in [0.25, 0.3) is 0 Å². The minimum Gasteiger partial charge on any atom is -0.475 e. The van der Waals surface area contributed by atoms with Crippen LogP contribution >= 0.6 is 0 Å². The molecule has 0 saturated heterocycles.